The van der Waals surface area contributed by atoms with E-state index in [0.29, 0.717) is 28.2 Å². The van der Waals surface area contributed by atoms with Crippen LogP contribution in [0.2, 0.25) is 5.02 Å². The quantitative estimate of drug-likeness (QED) is 0.407. The maximum Gasteiger partial charge on any atom is 0.195 e. The first kappa shape index (κ1) is 21.2. The van der Waals surface area contributed by atoms with E-state index in [9.17, 15) is 4.79 Å². The molecule has 0 aliphatic heterocycles. The first-order chi connectivity index (χ1) is 15.1. The van der Waals surface area contributed by atoms with Gasteiger partial charge in [-0.3, -0.25) is 9.69 Å². The Kier molecular flexibility index (Phi) is 6.40. The summed E-state index contributed by atoms with van der Waals surface area (Å²) in [7, 11) is 1.59. The normalized spacial score (nSPS) is 11.2. The van der Waals surface area contributed by atoms with Crippen LogP contribution in [0.15, 0.2) is 77.6 Å². The van der Waals surface area contributed by atoms with Crippen molar-refractivity contribution in [2.75, 3.05) is 7.11 Å². The molecule has 0 unspecified atom stereocenters. The lowest BCUT2D eigenvalue weighted by Gasteiger charge is -2.24. The van der Waals surface area contributed by atoms with E-state index in [2.05, 4.69) is 34.1 Å². The molecule has 1 heterocycles. The van der Waals surface area contributed by atoms with E-state index in [1.165, 1.54) is 11.1 Å². The number of halogens is 1. The zero-order valence-corrected chi connectivity index (χ0v) is 18.4. The number of hydrogen-bond acceptors (Lipinski definition) is 3. The summed E-state index contributed by atoms with van der Waals surface area (Å²) in [6.07, 6.45) is 0. The molecular weight excluding hydrogens is 408 g/mol. The van der Waals surface area contributed by atoms with Gasteiger partial charge >= 0.3 is 0 Å². The monoisotopic (exact) mass is 432 g/mol. The minimum Gasteiger partial charge on any atom is -0.495 e. The summed E-state index contributed by atoms with van der Waals surface area (Å²) in [4.78, 5) is 19.1. The minimum atomic E-state index is -0.0544. The van der Waals surface area contributed by atoms with Crippen molar-refractivity contribution in [1.82, 2.24) is 9.88 Å². The largest absolute Gasteiger partial charge is 0.495 e. The van der Waals surface area contributed by atoms with Gasteiger partial charge in [0.2, 0.25) is 0 Å². The lowest BCUT2D eigenvalue weighted by molar-refractivity contribution is 0.246. The van der Waals surface area contributed by atoms with Gasteiger partial charge in [0.1, 0.15) is 5.75 Å². The van der Waals surface area contributed by atoms with Crippen molar-refractivity contribution in [3.63, 3.8) is 0 Å². The number of methoxy groups -OCH3 is 1. The molecule has 158 valence electrons. The number of H-pyrrole nitrogens is 1. The molecule has 0 aliphatic carbocycles. The molecule has 0 atom stereocenters. The van der Waals surface area contributed by atoms with Crippen LogP contribution in [0, 0.1) is 6.92 Å². The lowest BCUT2D eigenvalue weighted by atomic mass is 10.1. The van der Waals surface area contributed by atoms with Gasteiger partial charge in [-0.2, -0.15) is 0 Å². The fourth-order valence-corrected chi connectivity index (χ4v) is 4.17. The Labute approximate surface area is 187 Å². The second-order valence-corrected chi connectivity index (χ2v) is 8.08. The van der Waals surface area contributed by atoms with Crippen molar-refractivity contribution >= 4 is 22.5 Å². The molecular formula is C26H25ClN2O2. The number of ether oxygens (including phenoxy) is 1. The van der Waals surface area contributed by atoms with Gasteiger partial charge in [0.15, 0.2) is 5.43 Å². The highest BCUT2D eigenvalue weighted by atomic mass is 35.5. The Morgan fingerprint density at radius 3 is 2.00 bits per heavy atom. The van der Waals surface area contributed by atoms with Crippen LogP contribution in [0.5, 0.6) is 5.75 Å². The topological polar surface area (TPSA) is 45.3 Å². The molecule has 0 aliphatic rings. The summed E-state index contributed by atoms with van der Waals surface area (Å²) in [5.74, 6) is 0.608. The summed E-state index contributed by atoms with van der Waals surface area (Å²) in [6, 6.07) is 24.1. The average molecular weight is 433 g/mol. The Bertz CT molecular complexity index is 1200. The number of nitrogens with one attached hydrogen (secondary N) is 1. The maximum atomic E-state index is 13.5. The molecule has 0 saturated heterocycles. The van der Waals surface area contributed by atoms with Crippen molar-refractivity contribution in [3.8, 4) is 5.75 Å². The van der Waals surface area contributed by atoms with Gasteiger partial charge in [0.25, 0.3) is 0 Å². The summed E-state index contributed by atoms with van der Waals surface area (Å²) in [5.41, 5.74) is 4.53. The molecule has 0 amide bonds. The molecule has 31 heavy (non-hydrogen) atoms. The van der Waals surface area contributed by atoms with Crippen LogP contribution in [0.1, 0.15) is 22.4 Å². The summed E-state index contributed by atoms with van der Waals surface area (Å²) < 4.78 is 5.43. The average Bonchev–Trinajstić information content (AvgIpc) is 2.78. The van der Waals surface area contributed by atoms with Crippen molar-refractivity contribution in [2.45, 2.75) is 26.6 Å². The number of benzene rings is 3. The number of aromatic nitrogens is 1. The van der Waals surface area contributed by atoms with E-state index in [-0.39, 0.29) is 5.43 Å². The van der Waals surface area contributed by atoms with Gasteiger partial charge in [0, 0.05) is 30.9 Å². The number of aryl methyl sites for hydroxylation is 1. The first-order valence-electron chi connectivity index (χ1n) is 10.2. The van der Waals surface area contributed by atoms with E-state index in [0.717, 1.165) is 24.3 Å². The van der Waals surface area contributed by atoms with Crippen molar-refractivity contribution < 1.29 is 4.74 Å². The molecule has 1 aromatic heterocycles. The zero-order valence-electron chi connectivity index (χ0n) is 17.7. The minimum absolute atomic E-state index is 0.0544. The Morgan fingerprint density at radius 1 is 0.871 bits per heavy atom. The molecule has 4 nitrogen and oxygen atoms in total. The lowest BCUT2D eigenvalue weighted by Crippen LogP contribution is -2.27. The number of nitrogens with zero attached hydrogens (tertiary/aromatic N) is 1. The Balaban J connectivity index is 1.75. The SMILES string of the molecule is COc1ccc(Cl)c2c(=O)c(CN(Cc3ccccc3)Cc3ccccc3)c(C)[nH]c12. The highest BCUT2D eigenvalue weighted by molar-refractivity contribution is 6.35. The number of aromatic amines is 1. The molecule has 0 spiro atoms. The van der Waals surface area contributed by atoms with Crippen LogP contribution >= 0.6 is 11.6 Å². The maximum absolute atomic E-state index is 13.5. The summed E-state index contributed by atoms with van der Waals surface area (Å²) in [5, 5.41) is 0.900. The fourth-order valence-electron chi connectivity index (χ4n) is 3.92. The van der Waals surface area contributed by atoms with Crippen LogP contribution < -0.4 is 10.2 Å². The highest BCUT2D eigenvalue weighted by Crippen LogP contribution is 2.29. The van der Waals surface area contributed by atoms with E-state index in [4.69, 9.17) is 16.3 Å². The molecule has 5 heteroatoms. The molecule has 4 aromatic rings. The molecule has 0 fully saturated rings. The van der Waals surface area contributed by atoms with Crippen LogP contribution in [-0.2, 0) is 19.6 Å². The van der Waals surface area contributed by atoms with Gasteiger partial charge in [0.05, 0.1) is 23.0 Å². The van der Waals surface area contributed by atoms with Gasteiger partial charge < -0.3 is 9.72 Å². The fraction of sp³-hybridized carbons (Fsp3) is 0.192. The number of fused-ring (bicyclic) bond motifs is 1. The first-order valence-corrected chi connectivity index (χ1v) is 10.6. The predicted octanol–water partition coefficient (Wildman–Crippen LogP) is 5.70. The Morgan fingerprint density at radius 2 is 1.45 bits per heavy atom. The molecule has 4 rings (SSSR count). The molecule has 0 radical (unpaired) electrons. The third kappa shape index (κ3) is 4.66. The Hall–Kier alpha value is -3.08. The van der Waals surface area contributed by atoms with E-state index < -0.39 is 0 Å². The van der Waals surface area contributed by atoms with Gasteiger partial charge in [-0.25, -0.2) is 0 Å². The van der Waals surface area contributed by atoms with E-state index in [1.807, 2.05) is 43.3 Å². The van der Waals surface area contributed by atoms with Crippen LogP contribution in [-0.4, -0.2) is 17.0 Å². The molecule has 3 aromatic carbocycles. The number of hydrogen-bond donors (Lipinski definition) is 1. The predicted molar refractivity (Wildman–Crippen MR) is 127 cm³/mol. The standard InChI is InChI=1S/C26H25ClN2O2/c1-18-21(26(30)24-22(27)13-14-23(31-2)25(24)28-18)17-29(15-19-9-5-3-6-10-19)16-20-11-7-4-8-12-20/h3-14H,15-17H2,1-2H3,(H,28,30). The van der Waals surface area contributed by atoms with Gasteiger partial charge in [-0.15, -0.1) is 0 Å². The third-order valence-electron chi connectivity index (χ3n) is 5.48. The highest BCUT2D eigenvalue weighted by Gasteiger charge is 2.18. The van der Waals surface area contributed by atoms with Crippen LogP contribution in [0.3, 0.4) is 0 Å². The van der Waals surface area contributed by atoms with Crippen molar-refractivity contribution in [1.29, 1.82) is 0 Å². The molecule has 1 N–H and O–H groups in total. The number of rotatable bonds is 7. The summed E-state index contributed by atoms with van der Waals surface area (Å²) >= 11 is 6.42. The second kappa shape index (κ2) is 9.38. The molecule has 0 bridgehead atoms. The van der Waals surface area contributed by atoms with E-state index >= 15 is 0 Å². The second-order valence-electron chi connectivity index (χ2n) is 7.67. The van der Waals surface area contributed by atoms with Crippen molar-refractivity contribution in [3.05, 3.63) is 110 Å². The van der Waals surface area contributed by atoms with Gasteiger partial charge in [-0.05, 0) is 30.2 Å². The summed E-state index contributed by atoms with van der Waals surface area (Å²) in [6.45, 7) is 3.91. The third-order valence-corrected chi connectivity index (χ3v) is 5.80. The van der Waals surface area contributed by atoms with Crippen LogP contribution in [0.4, 0.5) is 0 Å². The smallest absolute Gasteiger partial charge is 0.195 e. The van der Waals surface area contributed by atoms with Gasteiger partial charge in [-0.1, -0.05) is 72.3 Å². The van der Waals surface area contributed by atoms with Crippen molar-refractivity contribution in [2.24, 2.45) is 0 Å². The molecule has 0 saturated carbocycles. The zero-order chi connectivity index (χ0) is 21.8. The number of pyridine rings is 1. The van der Waals surface area contributed by atoms with E-state index in [1.54, 1.807) is 19.2 Å². The van der Waals surface area contributed by atoms with Crippen LogP contribution in [0.25, 0.3) is 10.9 Å².